The number of nitro benzene ring substituents is 2. The van der Waals surface area contributed by atoms with Crippen molar-refractivity contribution in [2.24, 2.45) is 0 Å². The number of hydrogen-bond donors (Lipinski definition) is 1. The number of carbonyl (C=O) groups is 1. The number of nitrogens with one attached hydrogen (secondary N) is 1. The molecular weight excluding hydrogens is 468 g/mol. The molecule has 0 heterocycles. The van der Waals surface area contributed by atoms with Gasteiger partial charge in [0.2, 0.25) is 0 Å². The molecule has 11 heteroatoms. The Kier molecular flexibility index (Phi) is 8.29. The highest BCUT2D eigenvalue weighted by molar-refractivity contribution is 6.09. The van der Waals surface area contributed by atoms with Crippen molar-refractivity contribution in [3.8, 4) is 17.6 Å². The number of anilines is 1. The van der Waals surface area contributed by atoms with Crippen molar-refractivity contribution in [3.05, 3.63) is 104 Å². The van der Waals surface area contributed by atoms with E-state index in [2.05, 4.69) is 5.32 Å². The van der Waals surface area contributed by atoms with Gasteiger partial charge >= 0.3 is 0 Å². The molecule has 0 aliphatic rings. The van der Waals surface area contributed by atoms with Crippen LogP contribution in [-0.4, -0.2) is 22.4 Å². The normalized spacial score (nSPS) is 10.7. The molecule has 0 atom stereocenters. The smallest absolute Gasteiger partial charge is 0.271 e. The van der Waals surface area contributed by atoms with Crippen molar-refractivity contribution in [2.45, 2.75) is 13.5 Å². The third-order valence-corrected chi connectivity index (χ3v) is 4.80. The molecule has 0 unspecified atom stereocenters. The molecule has 3 aromatic carbocycles. The molecule has 0 saturated heterocycles. The molecule has 3 aromatic rings. The second-order valence-corrected chi connectivity index (χ2v) is 7.28. The Morgan fingerprint density at radius 1 is 0.972 bits per heavy atom. The summed E-state index contributed by atoms with van der Waals surface area (Å²) >= 11 is 0. The predicted octanol–water partition coefficient (Wildman–Crippen LogP) is 5.03. The summed E-state index contributed by atoms with van der Waals surface area (Å²) in [7, 11) is 0. The largest absolute Gasteiger partial charge is 0.490 e. The van der Waals surface area contributed by atoms with Crippen LogP contribution in [0.25, 0.3) is 6.08 Å². The summed E-state index contributed by atoms with van der Waals surface area (Å²) in [6.07, 6.45) is 1.36. The zero-order chi connectivity index (χ0) is 26.1. The van der Waals surface area contributed by atoms with Gasteiger partial charge < -0.3 is 14.8 Å². The number of ether oxygens (including phenoxy) is 2. The molecule has 3 rings (SSSR count). The van der Waals surface area contributed by atoms with E-state index in [9.17, 15) is 30.3 Å². The monoisotopic (exact) mass is 488 g/mol. The number of hydrogen-bond acceptors (Lipinski definition) is 8. The van der Waals surface area contributed by atoms with Crippen LogP contribution in [0.5, 0.6) is 11.5 Å². The van der Waals surface area contributed by atoms with E-state index in [0.29, 0.717) is 23.7 Å². The van der Waals surface area contributed by atoms with Crippen LogP contribution in [0.2, 0.25) is 0 Å². The maximum absolute atomic E-state index is 12.6. The van der Waals surface area contributed by atoms with E-state index in [-0.39, 0.29) is 29.2 Å². The highest BCUT2D eigenvalue weighted by atomic mass is 16.6. The van der Waals surface area contributed by atoms with Gasteiger partial charge in [-0.1, -0.05) is 12.1 Å². The molecule has 0 bridgehead atoms. The first kappa shape index (κ1) is 25.4. The van der Waals surface area contributed by atoms with E-state index in [4.69, 9.17) is 9.47 Å². The van der Waals surface area contributed by atoms with Crippen LogP contribution >= 0.6 is 0 Å². The van der Waals surface area contributed by atoms with E-state index in [1.54, 1.807) is 37.3 Å². The van der Waals surface area contributed by atoms with Crippen LogP contribution in [0.1, 0.15) is 18.1 Å². The van der Waals surface area contributed by atoms with Crippen molar-refractivity contribution in [1.29, 1.82) is 5.26 Å². The summed E-state index contributed by atoms with van der Waals surface area (Å²) in [5, 5.41) is 33.7. The van der Waals surface area contributed by atoms with Gasteiger partial charge in [0.25, 0.3) is 17.3 Å². The number of non-ortho nitro benzene ring substituents is 2. The molecule has 0 saturated carbocycles. The number of nitriles is 1. The minimum absolute atomic E-state index is 0.0206. The number of carbonyl (C=O) groups excluding carboxylic acids is 1. The van der Waals surface area contributed by atoms with Crippen molar-refractivity contribution < 1.29 is 24.1 Å². The molecule has 182 valence electrons. The van der Waals surface area contributed by atoms with Crippen LogP contribution in [0.3, 0.4) is 0 Å². The molecule has 0 fully saturated rings. The molecule has 0 aliphatic heterocycles. The molecule has 36 heavy (non-hydrogen) atoms. The quantitative estimate of drug-likeness (QED) is 0.180. The van der Waals surface area contributed by atoms with Crippen molar-refractivity contribution >= 4 is 29.0 Å². The first-order valence-electron chi connectivity index (χ1n) is 10.6. The number of amides is 1. The Bertz CT molecular complexity index is 1360. The first-order valence-corrected chi connectivity index (χ1v) is 10.6. The Hall–Kier alpha value is -5.24. The minimum atomic E-state index is -0.727. The summed E-state index contributed by atoms with van der Waals surface area (Å²) in [6, 6.07) is 18.0. The summed E-state index contributed by atoms with van der Waals surface area (Å²) in [4.78, 5) is 33.2. The van der Waals surface area contributed by atoms with Crippen molar-refractivity contribution in [3.63, 3.8) is 0 Å². The second kappa shape index (κ2) is 11.8. The molecule has 1 N–H and O–H groups in total. The molecule has 11 nitrogen and oxygen atoms in total. The molecule has 0 spiro atoms. The van der Waals surface area contributed by atoms with Crippen molar-refractivity contribution in [1.82, 2.24) is 0 Å². The lowest BCUT2D eigenvalue weighted by Gasteiger charge is -2.13. The Balaban J connectivity index is 1.76. The standard InChI is InChI=1S/C25H20N4O7/c1-2-35-24-13-18(8-11-23(24)36-16-17-6-9-21(10-7-17)28(31)32)12-19(15-26)25(30)27-20-4-3-5-22(14-20)29(33)34/h3-14H,2,16H2,1H3,(H,27,30)/b19-12-. The highest BCUT2D eigenvalue weighted by Gasteiger charge is 2.14. The lowest BCUT2D eigenvalue weighted by Crippen LogP contribution is -2.13. The zero-order valence-corrected chi connectivity index (χ0v) is 19.0. The molecule has 0 aliphatic carbocycles. The summed E-state index contributed by atoms with van der Waals surface area (Å²) in [5.74, 6) is 0.0610. The molecule has 0 radical (unpaired) electrons. The van der Waals surface area contributed by atoms with E-state index >= 15 is 0 Å². The molecule has 0 aromatic heterocycles. The van der Waals surface area contributed by atoms with Gasteiger partial charge in [-0.3, -0.25) is 25.0 Å². The maximum Gasteiger partial charge on any atom is 0.271 e. The Morgan fingerprint density at radius 3 is 2.33 bits per heavy atom. The summed E-state index contributed by atoms with van der Waals surface area (Å²) in [6.45, 7) is 2.26. The van der Waals surface area contributed by atoms with Crippen LogP contribution in [0, 0.1) is 31.6 Å². The molecule has 1 amide bonds. The minimum Gasteiger partial charge on any atom is -0.490 e. The van der Waals surface area contributed by atoms with Crippen LogP contribution in [-0.2, 0) is 11.4 Å². The highest BCUT2D eigenvalue weighted by Crippen LogP contribution is 2.30. The van der Waals surface area contributed by atoms with Gasteiger partial charge in [0.05, 0.1) is 16.5 Å². The van der Waals surface area contributed by atoms with Gasteiger partial charge in [-0.25, -0.2) is 0 Å². The van der Waals surface area contributed by atoms with E-state index in [0.717, 1.165) is 5.56 Å². The fraction of sp³-hybridized carbons (Fsp3) is 0.120. The van der Waals surface area contributed by atoms with Crippen LogP contribution in [0.4, 0.5) is 17.1 Å². The van der Waals surface area contributed by atoms with E-state index < -0.39 is 15.8 Å². The fourth-order valence-electron chi connectivity index (χ4n) is 3.09. The summed E-state index contributed by atoms with van der Waals surface area (Å²) < 4.78 is 11.4. The third kappa shape index (κ3) is 6.64. The van der Waals surface area contributed by atoms with Gasteiger partial charge in [0.15, 0.2) is 11.5 Å². The number of benzene rings is 3. The second-order valence-electron chi connectivity index (χ2n) is 7.28. The number of nitro groups is 2. The van der Waals surface area contributed by atoms with Gasteiger partial charge in [-0.2, -0.15) is 5.26 Å². The van der Waals surface area contributed by atoms with E-state index in [1.165, 1.54) is 42.5 Å². The first-order chi connectivity index (χ1) is 17.3. The lowest BCUT2D eigenvalue weighted by molar-refractivity contribution is -0.385. The van der Waals surface area contributed by atoms with Gasteiger partial charge in [-0.15, -0.1) is 0 Å². The average molecular weight is 488 g/mol. The lowest BCUT2D eigenvalue weighted by atomic mass is 10.1. The van der Waals surface area contributed by atoms with Crippen molar-refractivity contribution in [2.75, 3.05) is 11.9 Å². The number of nitrogens with zero attached hydrogens (tertiary/aromatic N) is 3. The topological polar surface area (TPSA) is 158 Å². The third-order valence-electron chi connectivity index (χ3n) is 4.80. The Labute approximate surface area is 205 Å². The SMILES string of the molecule is CCOc1cc(/C=C(/C#N)C(=O)Nc2cccc([N+](=O)[O-])c2)ccc1OCc1ccc([N+](=O)[O-])cc1. The maximum atomic E-state index is 12.6. The van der Waals surface area contributed by atoms with Crippen LogP contribution < -0.4 is 14.8 Å². The zero-order valence-electron chi connectivity index (χ0n) is 19.0. The van der Waals surface area contributed by atoms with Crippen LogP contribution in [0.15, 0.2) is 72.3 Å². The van der Waals surface area contributed by atoms with E-state index in [1.807, 2.05) is 6.07 Å². The fourth-order valence-corrected chi connectivity index (χ4v) is 3.09. The summed E-state index contributed by atoms with van der Waals surface area (Å²) in [5.41, 5.74) is 0.959. The van der Waals surface area contributed by atoms with Gasteiger partial charge in [-0.05, 0) is 54.5 Å². The van der Waals surface area contributed by atoms with Gasteiger partial charge in [0.1, 0.15) is 18.2 Å². The van der Waals surface area contributed by atoms with Gasteiger partial charge in [0, 0.05) is 30.0 Å². The number of rotatable bonds is 10. The average Bonchev–Trinajstić information content (AvgIpc) is 2.87. The molecular formula is C25H20N4O7. The Morgan fingerprint density at radius 2 is 1.69 bits per heavy atom. The predicted molar refractivity (Wildman–Crippen MR) is 130 cm³/mol.